The van der Waals surface area contributed by atoms with Crippen LogP contribution in [0.5, 0.6) is 0 Å². The highest BCUT2D eigenvalue weighted by Gasteiger charge is 2.12. The molecule has 3 rings (SSSR count). The van der Waals surface area contributed by atoms with Gasteiger partial charge in [0, 0.05) is 6.07 Å². The van der Waals surface area contributed by atoms with E-state index in [2.05, 4.69) is 30.5 Å². The Morgan fingerprint density at radius 3 is 2.54 bits per heavy atom. The van der Waals surface area contributed by atoms with Crippen molar-refractivity contribution in [1.82, 2.24) is 15.1 Å². The first-order valence-electron chi connectivity index (χ1n) is 7.37. The number of halogens is 1. The molecule has 0 radical (unpaired) electrons. The van der Waals surface area contributed by atoms with E-state index in [1.54, 1.807) is 37.3 Å². The monoisotopic (exact) mass is 394 g/mol. The fraction of sp³-hybridized carbons (Fsp3) is 0.133. The van der Waals surface area contributed by atoms with Crippen LogP contribution in [0.2, 0.25) is 5.02 Å². The van der Waals surface area contributed by atoms with Crippen molar-refractivity contribution in [1.29, 1.82) is 0 Å². The molecule has 0 aliphatic heterocycles. The number of hydrogen-bond donors (Lipinski definition) is 3. The van der Waals surface area contributed by atoms with Gasteiger partial charge in [-0.05, 0) is 19.1 Å². The second-order valence-electron chi connectivity index (χ2n) is 5.39. The van der Waals surface area contributed by atoms with Gasteiger partial charge in [0.05, 0.1) is 29.5 Å². The molecule has 0 aliphatic carbocycles. The van der Waals surface area contributed by atoms with Crippen LogP contribution in [-0.2, 0) is 10.0 Å². The Kier molecular flexibility index (Phi) is 4.96. The quantitative estimate of drug-likeness (QED) is 0.582. The van der Waals surface area contributed by atoms with Crippen LogP contribution in [0.1, 0.15) is 5.69 Å². The summed E-state index contributed by atoms with van der Waals surface area (Å²) >= 11 is 6.15. The molecule has 2 aromatic heterocycles. The Balaban J connectivity index is 1.87. The molecule has 0 aliphatic rings. The summed E-state index contributed by atoms with van der Waals surface area (Å²) in [5.74, 6) is 0.916. The number of nitrogens with zero attached hydrogens (tertiary/aromatic N) is 3. The maximum absolute atomic E-state index is 11.5. The van der Waals surface area contributed by atoms with E-state index in [0.717, 1.165) is 6.26 Å². The molecule has 136 valence electrons. The van der Waals surface area contributed by atoms with E-state index >= 15 is 0 Å². The number of aromatic nitrogens is 3. The van der Waals surface area contributed by atoms with E-state index in [0.29, 0.717) is 28.8 Å². The number of para-hydroxylation sites is 2. The third kappa shape index (κ3) is 4.61. The minimum atomic E-state index is -3.44. The number of hydrogen-bond acceptors (Lipinski definition) is 8. The van der Waals surface area contributed by atoms with Crippen LogP contribution in [0.15, 0.2) is 41.1 Å². The lowest BCUT2D eigenvalue weighted by molar-refractivity contribution is 0.429. The topological polar surface area (TPSA) is 122 Å². The summed E-state index contributed by atoms with van der Waals surface area (Å²) in [6.45, 7) is 1.79. The number of nitrogens with one attached hydrogen (secondary N) is 3. The first kappa shape index (κ1) is 18.0. The summed E-state index contributed by atoms with van der Waals surface area (Å²) in [5, 5.41) is 9.90. The van der Waals surface area contributed by atoms with Crippen molar-refractivity contribution in [3.8, 4) is 0 Å². The SMILES string of the molecule is Cc1cc(Nc2ncc(Cl)c(Nc3ccccc3NS(C)(=O)=O)n2)on1. The molecular weight excluding hydrogens is 380 g/mol. The molecule has 11 heteroatoms. The van der Waals surface area contributed by atoms with Gasteiger partial charge >= 0.3 is 0 Å². The first-order chi connectivity index (χ1) is 12.3. The summed E-state index contributed by atoms with van der Waals surface area (Å²) in [6.07, 6.45) is 2.48. The van der Waals surface area contributed by atoms with E-state index in [4.69, 9.17) is 16.1 Å². The van der Waals surface area contributed by atoms with Gasteiger partial charge in [0.2, 0.25) is 21.9 Å². The van der Waals surface area contributed by atoms with Crippen LogP contribution in [-0.4, -0.2) is 29.8 Å². The number of sulfonamides is 1. The number of rotatable bonds is 6. The van der Waals surface area contributed by atoms with Gasteiger partial charge in [-0.3, -0.25) is 10.0 Å². The third-order valence-corrected chi connectivity index (χ3v) is 3.95. The average Bonchev–Trinajstić information content (AvgIpc) is 2.96. The smallest absolute Gasteiger partial charge is 0.231 e. The highest BCUT2D eigenvalue weighted by atomic mass is 35.5. The predicted octanol–water partition coefficient (Wildman–Crippen LogP) is 3.29. The molecule has 0 unspecified atom stereocenters. The van der Waals surface area contributed by atoms with E-state index in [1.807, 2.05) is 0 Å². The Morgan fingerprint density at radius 2 is 1.88 bits per heavy atom. The Labute approximate surface area is 154 Å². The zero-order valence-corrected chi connectivity index (χ0v) is 15.4. The Bertz CT molecular complexity index is 1040. The second-order valence-corrected chi connectivity index (χ2v) is 7.55. The summed E-state index contributed by atoms with van der Waals surface area (Å²) in [5.41, 5.74) is 1.56. The maximum atomic E-state index is 11.5. The number of aryl methyl sites for hydroxylation is 1. The van der Waals surface area contributed by atoms with Crippen molar-refractivity contribution >= 4 is 50.6 Å². The minimum Gasteiger partial charge on any atom is -0.338 e. The predicted molar refractivity (Wildman–Crippen MR) is 99.8 cm³/mol. The van der Waals surface area contributed by atoms with E-state index in [1.165, 1.54) is 6.20 Å². The molecule has 0 saturated carbocycles. The van der Waals surface area contributed by atoms with Gasteiger partial charge in [-0.15, -0.1) is 0 Å². The molecule has 0 bridgehead atoms. The molecular formula is C15H15ClN6O3S. The molecule has 0 atom stereocenters. The Hall–Kier alpha value is -2.85. The summed E-state index contributed by atoms with van der Waals surface area (Å²) in [6, 6.07) is 8.46. The molecule has 3 N–H and O–H groups in total. The highest BCUT2D eigenvalue weighted by Crippen LogP contribution is 2.29. The molecule has 0 spiro atoms. The lowest BCUT2D eigenvalue weighted by atomic mass is 10.2. The van der Waals surface area contributed by atoms with Crippen LogP contribution < -0.4 is 15.4 Å². The summed E-state index contributed by atoms with van der Waals surface area (Å²) < 4.78 is 30.5. The molecule has 0 saturated heterocycles. The largest absolute Gasteiger partial charge is 0.338 e. The summed E-state index contributed by atoms with van der Waals surface area (Å²) in [7, 11) is -3.44. The standard InChI is InChI=1S/C15H15ClN6O3S/c1-9-7-13(25-21-9)19-15-17-8-10(16)14(20-15)18-11-5-3-4-6-12(11)22-26(2,23)24/h3-8,22H,1-2H3,(H2,17,18,19,20). The highest BCUT2D eigenvalue weighted by molar-refractivity contribution is 7.92. The lowest BCUT2D eigenvalue weighted by Crippen LogP contribution is -2.11. The Morgan fingerprint density at radius 1 is 1.15 bits per heavy atom. The van der Waals surface area contributed by atoms with Crippen molar-refractivity contribution in [2.45, 2.75) is 6.92 Å². The van der Waals surface area contributed by atoms with Gasteiger partial charge in [-0.2, -0.15) is 4.98 Å². The van der Waals surface area contributed by atoms with Crippen molar-refractivity contribution in [2.75, 3.05) is 21.6 Å². The molecule has 0 fully saturated rings. The molecule has 26 heavy (non-hydrogen) atoms. The normalized spacial score (nSPS) is 11.2. The molecule has 3 aromatic rings. The second kappa shape index (κ2) is 7.18. The maximum Gasteiger partial charge on any atom is 0.231 e. The molecule has 0 amide bonds. The first-order valence-corrected chi connectivity index (χ1v) is 9.64. The van der Waals surface area contributed by atoms with Crippen LogP contribution in [0.25, 0.3) is 0 Å². The molecule has 1 aromatic carbocycles. The zero-order chi connectivity index (χ0) is 18.7. The van der Waals surface area contributed by atoms with Gasteiger partial charge < -0.3 is 9.84 Å². The third-order valence-electron chi connectivity index (χ3n) is 3.08. The fourth-order valence-electron chi connectivity index (χ4n) is 2.06. The number of anilines is 5. The summed E-state index contributed by atoms with van der Waals surface area (Å²) in [4.78, 5) is 8.35. The average molecular weight is 395 g/mol. The zero-order valence-electron chi connectivity index (χ0n) is 13.8. The van der Waals surface area contributed by atoms with E-state index in [9.17, 15) is 8.42 Å². The van der Waals surface area contributed by atoms with Crippen LogP contribution in [0, 0.1) is 6.92 Å². The minimum absolute atomic E-state index is 0.238. The fourth-order valence-corrected chi connectivity index (χ4v) is 2.77. The van der Waals surface area contributed by atoms with Crippen LogP contribution in [0.4, 0.5) is 29.0 Å². The van der Waals surface area contributed by atoms with Gasteiger partial charge in [0.15, 0.2) is 5.82 Å². The van der Waals surface area contributed by atoms with E-state index in [-0.39, 0.29) is 11.0 Å². The van der Waals surface area contributed by atoms with Crippen molar-refractivity contribution in [3.63, 3.8) is 0 Å². The van der Waals surface area contributed by atoms with Crippen LogP contribution in [0.3, 0.4) is 0 Å². The lowest BCUT2D eigenvalue weighted by Gasteiger charge is -2.13. The van der Waals surface area contributed by atoms with Crippen LogP contribution >= 0.6 is 11.6 Å². The number of benzene rings is 1. The van der Waals surface area contributed by atoms with Gasteiger partial charge in [0.25, 0.3) is 0 Å². The van der Waals surface area contributed by atoms with E-state index < -0.39 is 10.0 Å². The van der Waals surface area contributed by atoms with Gasteiger partial charge in [-0.1, -0.05) is 28.9 Å². The van der Waals surface area contributed by atoms with Crippen molar-refractivity contribution < 1.29 is 12.9 Å². The van der Waals surface area contributed by atoms with Gasteiger partial charge in [-0.25, -0.2) is 13.4 Å². The van der Waals surface area contributed by atoms with Gasteiger partial charge in [0.1, 0.15) is 5.02 Å². The molecule has 2 heterocycles. The van der Waals surface area contributed by atoms with Crippen molar-refractivity contribution in [2.24, 2.45) is 0 Å². The van der Waals surface area contributed by atoms with Crippen molar-refractivity contribution in [3.05, 3.63) is 47.2 Å². The molecule has 9 nitrogen and oxygen atoms in total.